The highest BCUT2D eigenvalue weighted by molar-refractivity contribution is 6.26. The molecule has 1 nitrogen and oxygen atoms in total. The number of para-hydroxylation sites is 1. The van der Waals surface area contributed by atoms with Crippen molar-refractivity contribution in [1.29, 1.82) is 0 Å². The van der Waals surface area contributed by atoms with Crippen LogP contribution in [0.5, 0.6) is 0 Å². The van der Waals surface area contributed by atoms with Crippen LogP contribution in [0.1, 0.15) is 41.7 Å². The van der Waals surface area contributed by atoms with Gasteiger partial charge in [-0.3, -0.25) is 0 Å². The van der Waals surface area contributed by atoms with Crippen LogP contribution in [0.3, 0.4) is 0 Å². The van der Waals surface area contributed by atoms with Gasteiger partial charge in [0.25, 0.3) is 0 Å². The average molecular weight is 650 g/mol. The standard InChI is InChI=1S/C50H35N/c1-50(2)43-19-11-10-18-39(43)40-23-20-31(29-44(40)50)28-34-30-42-36-16-8-6-12-32(36)21-24-38(42)41-25-27-46-49(47(34)41)48-37-17-9-7-13-33(37)22-26-45(48)51(46)35-14-4-3-5-15-35/h3-29H,30H2,1-2H3. The minimum absolute atomic E-state index is 0.0526. The lowest BCUT2D eigenvalue weighted by Gasteiger charge is -2.26. The van der Waals surface area contributed by atoms with E-state index < -0.39 is 0 Å². The van der Waals surface area contributed by atoms with Gasteiger partial charge in [0, 0.05) is 21.9 Å². The minimum Gasteiger partial charge on any atom is -0.309 e. The fraction of sp³-hybridized carbons (Fsp3) is 0.0800. The Morgan fingerprint density at radius 1 is 0.510 bits per heavy atom. The van der Waals surface area contributed by atoms with E-state index in [1.54, 1.807) is 0 Å². The van der Waals surface area contributed by atoms with Crippen molar-refractivity contribution in [3.05, 3.63) is 186 Å². The lowest BCUT2D eigenvalue weighted by molar-refractivity contribution is 0.660. The maximum atomic E-state index is 2.50. The monoisotopic (exact) mass is 649 g/mol. The summed E-state index contributed by atoms with van der Waals surface area (Å²) in [6, 6.07) is 58.8. The third kappa shape index (κ3) is 3.98. The van der Waals surface area contributed by atoms with Crippen molar-refractivity contribution in [1.82, 2.24) is 4.57 Å². The van der Waals surface area contributed by atoms with E-state index in [0.29, 0.717) is 0 Å². The molecule has 0 saturated carbocycles. The predicted octanol–water partition coefficient (Wildman–Crippen LogP) is 13.2. The number of aromatic nitrogens is 1. The number of fused-ring (bicyclic) bond motifs is 14. The largest absolute Gasteiger partial charge is 0.309 e. The first-order chi connectivity index (χ1) is 25.1. The van der Waals surface area contributed by atoms with Gasteiger partial charge in [-0.05, 0) is 108 Å². The molecule has 2 aliphatic carbocycles. The fourth-order valence-corrected chi connectivity index (χ4v) is 9.48. The molecule has 11 rings (SSSR count). The van der Waals surface area contributed by atoms with Gasteiger partial charge in [-0.25, -0.2) is 0 Å². The zero-order valence-electron chi connectivity index (χ0n) is 28.7. The van der Waals surface area contributed by atoms with Crippen LogP contribution in [-0.4, -0.2) is 4.57 Å². The third-order valence-corrected chi connectivity index (χ3v) is 11.8. The molecule has 0 spiro atoms. The Bertz CT molecular complexity index is 2950. The van der Waals surface area contributed by atoms with Crippen LogP contribution in [0.15, 0.2) is 158 Å². The van der Waals surface area contributed by atoms with Crippen LogP contribution < -0.4 is 0 Å². The SMILES string of the molecule is CC1(C)c2ccccc2-c2ccc(C=C3Cc4c(ccc5ccccc45)-c4ccc5c(c43)c3c4ccccc4ccc3n5-c3ccccc3)cc21. The number of nitrogens with zero attached hydrogens (tertiary/aromatic N) is 1. The van der Waals surface area contributed by atoms with Gasteiger partial charge >= 0.3 is 0 Å². The molecule has 0 bridgehead atoms. The van der Waals surface area contributed by atoms with Crippen LogP contribution in [0.2, 0.25) is 0 Å². The van der Waals surface area contributed by atoms with E-state index >= 15 is 0 Å². The second-order valence-corrected chi connectivity index (χ2v) is 14.9. The zero-order chi connectivity index (χ0) is 33.8. The van der Waals surface area contributed by atoms with E-state index in [-0.39, 0.29) is 5.41 Å². The molecule has 0 aliphatic heterocycles. The van der Waals surface area contributed by atoms with Crippen molar-refractivity contribution in [2.24, 2.45) is 0 Å². The van der Waals surface area contributed by atoms with Crippen LogP contribution in [0, 0.1) is 0 Å². The predicted molar refractivity (Wildman–Crippen MR) is 217 cm³/mol. The maximum absolute atomic E-state index is 2.50. The molecule has 8 aromatic carbocycles. The molecule has 2 aliphatic rings. The van der Waals surface area contributed by atoms with Crippen molar-refractivity contribution in [2.45, 2.75) is 25.7 Å². The van der Waals surface area contributed by atoms with Crippen molar-refractivity contribution in [3.63, 3.8) is 0 Å². The van der Waals surface area contributed by atoms with Gasteiger partial charge in [0.05, 0.1) is 11.0 Å². The lowest BCUT2D eigenvalue weighted by Crippen LogP contribution is -2.15. The van der Waals surface area contributed by atoms with Gasteiger partial charge < -0.3 is 4.57 Å². The number of rotatable bonds is 2. The van der Waals surface area contributed by atoms with Crippen molar-refractivity contribution >= 4 is 55.0 Å². The summed E-state index contributed by atoms with van der Waals surface area (Å²) in [5.41, 5.74) is 17.2. The first kappa shape index (κ1) is 28.6. The smallest absolute Gasteiger partial charge is 0.0547 e. The van der Waals surface area contributed by atoms with E-state index in [4.69, 9.17) is 0 Å². The first-order valence-corrected chi connectivity index (χ1v) is 18.1. The van der Waals surface area contributed by atoms with Crippen LogP contribution in [0.25, 0.3) is 82.9 Å². The number of hydrogen-bond acceptors (Lipinski definition) is 0. The molecule has 240 valence electrons. The quantitative estimate of drug-likeness (QED) is 0.176. The van der Waals surface area contributed by atoms with E-state index in [2.05, 4.69) is 182 Å². The second kappa shape index (κ2) is 10.4. The van der Waals surface area contributed by atoms with Crippen LogP contribution >= 0.6 is 0 Å². The third-order valence-electron chi connectivity index (χ3n) is 11.8. The molecule has 0 saturated heterocycles. The Balaban J connectivity index is 1.26. The summed E-state index contributed by atoms with van der Waals surface area (Å²) in [4.78, 5) is 0. The Labute approximate surface area is 297 Å². The molecular formula is C50H35N. The maximum Gasteiger partial charge on any atom is 0.0547 e. The Morgan fingerprint density at radius 3 is 2.00 bits per heavy atom. The van der Waals surface area contributed by atoms with Gasteiger partial charge in [-0.15, -0.1) is 0 Å². The molecule has 51 heavy (non-hydrogen) atoms. The normalized spacial score (nSPS) is 15.0. The zero-order valence-corrected chi connectivity index (χ0v) is 28.7. The summed E-state index contributed by atoms with van der Waals surface area (Å²) in [6.07, 6.45) is 3.37. The van der Waals surface area contributed by atoms with Crippen molar-refractivity contribution in [3.8, 4) is 27.9 Å². The molecule has 0 atom stereocenters. The summed E-state index contributed by atoms with van der Waals surface area (Å²) in [5.74, 6) is 0. The summed E-state index contributed by atoms with van der Waals surface area (Å²) >= 11 is 0. The van der Waals surface area contributed by atoms with Gasteiger partial charge in [0.1, 0.15) is 0 Å². The first-order valence-electron chi connectivity index (χ1n) is 18.1. The summed E-state index contributed by atoms with van der Waals surface area (Å²) in [5, 5.41) is 7.86. The fourth-order valence-electron chi connectivity index (χ4n) is 9.48. The van der Waals surface area contributed by atoms with Crippen molar-refractivity contribution in [2.75, 3.05) is 0 Å². The Morgan fingerprint density at radius 2 is 1.14 bits per heavy atom. The van der Waals surface area contributed by atoms with E-state index in [1.165, 1.54) is 105 Å². The molecule has 0 radical (unpaired) electrons. The topological polar surface area (TPSA) is 4.93 Å². The number of benzene rings is 8. The van der Waals surface area contributed by atoms with Gasteiger partial charge in [-0.2, -0.15) is 0 Å². The molecule has 1 heteroatoms. The molecule has 1 aromatic heterocycles. The summed E-state index contributed by atoms with van der Waals surface area (Å²) in [7, 11) is 0. The van der Waals surface area contributed by atoms with E-state index in [1.807, 2.05) is 0 Å². The number of allylic oxidation sites excluding steroid dienone is 1. The molecule has 0 N–H and O–H groups in total. The average Bonchev–Trinajstić information content (AvgIpc) is 3.64. The molecule has 0 fully saturated rings. The minimum atomic E-state index is -0.0526. The highest BCUT2D eigenvalue weighted by atomic mass is 15.0. The highest BCUT2D eigenvalue weighted by Crippen LogP contribution is 2.51. The Hall–Kier alpha value is -6.18. The van der Waals surface area contributed by atoms with Gasteiger partial charge in [0.2, 0.25) is 0 Å². The van der Waals surface area contributed by atoms with Crippen molar-refractivity contribution < 1.29 is 0 Å². The summed E-state index contributed by atoms with van der Waals surface area (Å²) < 4.78 is 2.47. The highest BCUT2D eigenvalue weighted by Gasteiger charge is 2.35. The second-order valence-electron chi connectivity index (χ2n) is 14.9. The molecule has 9 aromatic rings. The molecule has 1 heterocycles. The lowest BCUT2D eigenvalue weighted by atomic mass is 9.77. The number of hydrogen-bond donors (Lipinski definition) is 0. The molecule has 0 amide bonds. The van der Waals surface area contributed by atoms with Gasteiger partial charge in [0.15, 0.2) is 0 Å². The van der Waals surface area contributed by atoms with E-state index in [9.17, 15) is 0 Å². The molecular weight excluding hydrogens is 615 g/mol. The van der Waals surface area contributed by atoms with Gasteiger partial charge in [-0.1, -0.05) is 153 Å². The van der Waals surface area contributed by atoms with Crippen LogP contribution in [0.4, 0.5) is 0 Å². The van der Waals surface area contributed by atoms with E-state index in [0.717, 1.165) is 6.42 Å². The Kier molecular flexibility index (Phi) is 5.85. The van der Waals surface area contributed by atoms with Crippen LogP contribution in [-0.2, 0) is 11.8 Å². The molecule has 0 unspecified atom stereocenters. The summed E-state index contributed by atoms with van der Waals surface area (Å²) in [6.45, 7) is 4.75.